The zero-order valence-corrected chi connectivity index (χ0v) is 19.3. The zero-order valence-electron chi connectivity index (χ0n) is 18.5. The second-order valence-electron chi connectivity index (χ2n) is 8.00. The molecule has 0 aliphatic rings. The lowest BCUT2D eigenvalue weighted by atomic mass is 9.98. The molecule has 0 amide bonds. The lowest BCUT2D eigenvalue weighted by molar-refractivity contribution is 0.318. The molecule has 33 heavy (non-hydrogen) atoms. The Morgan fingerprint density at radius 2 is 1.85 bits per heavy atom. The molecule has 1 atom stereocenters. The molecule has 0 aliphatic heterocycles. The lowest BCUT2D eigenvalue weighted by Gasteiger charge is -2.21. The van der Waals surface area contributed by atoms with Crippen molar-refractivity contribution in [3.8, 4) is 11.3 Å². The third-order valence-corrected chi connectivity index (χ3v) is 5.96. The number of aryl methyl sites for hydroxylation is 1. The molecule has 0 bridgehead atoms. The van der Waals surface area contributed by atoms with E-state index in [2.05, 4.69) is 10.5 Å². The van der Waals surface area contributed by atoms with Crippen LogP contribution in [-0.2, 0) is 0 Å². The van der Waals surface area contributed by atoms with E-state index >= 15 is 0 Å². The van der Waals surface area contributed by atoms with Crippen LogP contribution < -0.4 is 16.5 Å². The molecule has 3 aromatic carbocycles. The number of amidine groups is 1. The number of anilines is 1. The van der Waals surface area contributed by atoms with E-state index in [-0.39, 0.29) is 17.3 Å². The van der Waals surface area contributed by atoms with E-state index in [0.717, 1.165) is 16.7 Å². The monoisotopic (exact) mass is 461 g/mol. The van der Waals surface area contributed by atoms with E-state index in [0.29, 0.717) is 38.6 Å². The van der Waals surface area contributed by atoms with Crippen LogP contribution in [0.4, 0.5) is 5.69 Å². The van der Waals surface area contributed by atoms with Gasteiger partial charge in [-0.1, -0.05) is 59.2 Å². The molecule has 0 radical (unpaired) electrons. The number of nitrogens with zero attached hydrogens (tertiary/aromatic N) is 1. The van der Waals surface area contributed by atoms with Crippen LogP contribution in [0.5, 0.6) is 0 Å². The molecule has 4 aromatic rings. The van der Waals surface area contributed by atoms with Crippen LogP contribution in [0.25, 0.3) is 22.3 Å². The van der Waals surface area contributed by atoms with Crippen molar-refractivity contribution in [3.63, 3.8) is 0 Å². The van der Waals surface area contributed by atoms with E-state index in [1.54, 1.807) is 25.1 Å². The van der Waals surface area contributed by atoms with Gasteiger partial charge in [0.25, 0.3) is 0 Å². The lowest BCUT2D eigenvalue weighted by Crippen LogP contribution is -2.18. The van der Waals surface area contributed by atoms with Gasteiger partial charge in [-0.15, -0.1) is 0 Å². The first-order valence-electron chi connectivity index (χ1n) is 10.5. The highest BCUT2D eigenvalue weighted by molar-refractivity contribution is 6.34. The molecule has 0 unspecified atom stereocenters. The maximum atomic E-state index is 13.3. The molecule has 6 nitrogen and oxygen atoms in total. The van der Waals surface area contributed by atoms with E-state index in [1.165, 1.54) is 0 Å². The molecule has 7 heteroatoms. The number of nitrogens with one attached hydrogen (secondary N) is 1. The van der Waals surface area contributed by atoms with Crippen LogP contribution in [0.3, 0.4) is 0 Å². The summed E-state index contributed by atoms with van der Waals surface area (Å²) >= 11 is 6.31. The number of halogens is 1. The van der Waals surface area contributed by atoms with Gasteiger partial charge in [-0.25, -0.2) is 0 Å². The van der Waals surface area contributed by atoms with Gasteiger partial charge < -0.3 is 20.7 Å². The maximum absolute atomic E-state index is 13.3. The largest absolute Gasteiger partial charge is 0.455 e. The Morgan fingerprint density at radius 1 is 1.12 bits per heavy atom. The van der Waals surface area contributed by atoms with Crippen LogP contribution >= 0.6 is 11.6 Å². The summed E-state index contributed by atoms with van der Waals surface area (Å²) in [4.78, 5) is 13.3. The first-order chi connectivity index (χ1) is 15.8. The summed E-state index contributed by atoms with van der Waals surface area (Å²) < 4.78 is 6.37. The third-order valence-electron chi connectivity index (χ3n) is 5.64. The predicted molar refractivity (Wildman–Crippen MR) is 133 cm³/mol. The molecule has 1 heterocycles. The second-order valence-corrected chi connectivity index (χ2v) is 8.40. The van der Waals surface area contributed by atoms with E-state index in [1.807, 2.05) is 56.3 Å². The maximum Gasteiger partial charge on any atom is 0.196 e. The van der Waals surface area contributed by atoms with Gasteiger partial charge in [0.2, 0.25) is 0 Å². The summed E-state index contributed by atoms with van der Waals surface area (Å²) in [7, 11) is 0. The van der Waals surface area contributed by atoms with Crippen LogP contribution in [-0.4, -0.2) is 11.0 Å². The molecule has 0 aliphatic carbocycles. The Kier molecular flexibility index (Phi) is 6.11. The van der Waals surface area contributed by atoms with Crippen LogP contribution in [0.2, 0.25) is 5.02 Å². The number of benzene rings is 3. The quantitative estimate of drug-likeness (QED) is 0.146. The minimum atomic E-state index is -0.286. The Bertz CT molecular complexity index is 1430. The fraction of sp³-hybridized carbons (Fsp3) is 0.154. The van der Waals surface area contributed by atoms with Gasteiger partial charge in [0, 0.05) is 22.4 Å². The summed E-state index contributed by atoms with van der Waals surface area (Å²) in [6, 6.07) is 18.4. The minimum Gasteiger partial charge on any atom is -0.455 e. The van der Waals surface area contributed by atoms with Crippen molar-refractivity contribution in [1.29, 1.82) is 0 Å². The van der Waals surface area contributed by atoms with Crippen LogP contribution in [0.1, 0.15) is 35.2 Å². The van der Waals surface area contributed by atoms with Crippen molar-refractivity contribution >= 4 is 34.1 Å². The smallest absolute Gasteiger partial charge is 0.196 e. The summed E-state index contributed by atoms with van der Waals surface area (Å²) in [5, 5.41) is 16.5. The fourth-order valence-electron chi connectivity index (χ4n) is 4.02. The molecule has 0 spiro atoms. The molecule has 0 saturated heterocycles. The summed E-state index contributed by atoms with van der Waals surface area (Å²) in [5.41, 5.74) is 10.5. The summed E-state index contributed by atoms with van der Waals surface area (Å²) in [5.74, 6) is 0.448. The number of hydrogen-bond acceptors (Lipinski definition) is 5. The topological polar surface area (TPSA) is 101 Å². The van der Waals surface area contributed by atoms with Crippen molar-refractivity contribution in [2.75, 3.05) is 5.32 Å². The Morgan fingerprint density at radius 3 is 2.55 bits per heavy atom. The van der Waals surface area contributed by atoms with Crippen LogP contribution in [0, 0.1) is 13.8 Å². The number of nitrogens with two attached hydrogens (primary N) is 1. The number of hydrogen-bond donors (Lipinski definition) is 3. The minimum absolute atomic E-state index is 0.0626. The second kappa shape index (κ2) is 9.00. The normalized spacial score (nSPS) is 12.7. The highest BCUT2D eigenvalue weighted by Crippen LogP contribution is 2.33. The predicted octanol–water partition coefficient (Wildman–Crippen LogP) is 6.00. The molecule has 0 saturated carbocycles. The Balaban J connectivity index is 1.89. The summed E-state index contributed by atoms with van der Waals surface area (Å²) in [6.07, 6.45) is 0. The highest BCUT2D eigenvalue weighted by atomic mass is 35.5. The van der Waals surface area contributed by atoms with Crippen molar-refractivity contribution in [2.24, 2.45) is 10.9 Å². The van der Waals surface area contributed by atoms with Gasteiger partial charge in [0.15, 0.2) is 11.3 Å². The van der Waals surface area contributed by atoms with Gasteiger partial charge in [-0.05, 0) is 44.5 Å². The molecule has 168 valence electrons. The van der Waals surface area contributed by atoms with Crippen molar-refractivity contribution < 1.29 is 9.62 Å². The van der Waals surface area contributed by atoms with Gasteiger partial charge in [0.1, 0.15) is 11.3 Å². The number of fused-ring (bicyclic) bond motifs is 1. The Labute approximate surface area is 196 Å². The number of rotatable bonds is 5. The van der Waals surface area contributed by atoms with Gasteiger partial charge in [0.05, 0.1) is 22.0 Å². The zero-order chi connectivity index (χ0) is 23.7. The SMILES string of the molecule is Cc1cc([C@@H](C)Nc2cccc(Cl)c2C(N)=NO)c2oc(-c3ccccc3)c(C)c(=O)c2c1. The van der Waals surface area contributed by atoms with Crippen molar-refractivity contribution in [1.82, 2.24) is 0 Å². The third kappa shape index (κ3) is 4.17. The molecule has 4 N–H and O–H groups in total. The Hall–Kier alpha value is -3.77. The first kappa shape index (κ1) is 22.4. The summed E-state index contributed by atoms with van der Waals surface area (Å²) in [6.45, 7) is 5.68. The number of oxime groups is 1. The standard InChI is InChI=1S/C26H24ClN3O3/c1-14-12-18(16(3)29-21-11-7-10-20(27)22(21)26(28)30-32)25-19(13-14)23(31)15(2)24(33-25)17-8-5-4-6-9-17/h4-13,16,29,32H,1-3H3,(H2,28,30)/t16-/m1/s1. The highest BCUT2D eigenvalue weighted by Gasteiger charge is 2.20. The first-order valence-corrected chi connectivity index (χ1v) is 10.9. The average Bonchev–Trinajstić information content (AvgIpc) is 2.81. The molecule has 0 fully saturated rings. The molecular weight excluding hydrogens is 438 g/mol. The van der Waals surface area contributed by atoms with E-state index in [9.17, 15) is 10.0 Å². The van der Waals surface area contributed by atoms with Crippen LogP contribution in [0.15, 0.2) is 75.0 Å². The molecule has 4 rings (SSSR count). The van der Waals surface area contributed by atoms with Gasteiger partial charge in [-0.3, -0.25) is 4.79 Å². The van der Waals surface area contributed by atoms with Crippen molar-refractivity contribution in [3.05, 3.63) is 98.2 Å². The van der Waals surface area contributed by atoms with Gasteiger partial charge in [-0.2, -0.15) is 0 Å². The van der Waals surface area contributed by atoms with Crippen molar-refractivity contribution in [2.45, 2.75) is 26.8 Å². The molecular formula is C26H24ClN3O3. The van der Waals surface area contributed by atoms with E-state index < -0.39 is 0 Å². The molecule has 1 aromatic heterocycles. The fourth-order valence-corrected chi connectivity index (χ4v) is 4.29. The average molecular weight is 462 g/mol. The van der Waals surface area contributed by atoms with E-state index in [4.69, 9.17) is 21.8 Å². The van der Waals surface area contributed by atoms with Gasteiger partial charge >= 0.3 is 0 Å².